The lowest BCUT2D eigenvalue weighted by Crippen LogP contribution is -2.60. The van der Waals surface area contributed by atoms with Gasteiger partial charge < -0.3 is 40.3 Å². The average Bonchev–Trinajstić information content (AvgIpc) is 3.36. The summed E-state index contributed by atoms with van der Waals surface area (Å²) in [5.41, 5.74) is 0. The van der Waals surface area contributed by atoms with E-state index < -0.39 is 49.5 Å². The molecule has 9 nitrogen and oxygen atoms in total. The van der Waals surface area contributed by atoms with E-state index in [1.807, 2.05) is 18.2 Å². The highest BCUT2D eigenvalue weighted by Gasteiger charge is 2.44. The Hall–Kier alpha value is -2.63. The van der Waals surface area contributed by atoms with E-state index in [1.165, 1.54) is 154 Å². The van der Waals surface area contributed by atoms with Gasteiger partial charge in [0.25, 0.3) is 0 Å². The number of amides is 1. The van der Waals surface area contributed by atoms with Crippen LogP contribution in [0.15, 0.2) is 85.1 Å². The standard InChI is InChI=1S/C61H107NO8/c1-3-5-7-9-11-13-15-17-19-21-23-24-25-26-27-28-29-30-31-33-34-36-38-40-42-44-46-48-50-55(64)54(53-69-61-60(68)59(67)58(66)56(52-63)70-61)62-57(65)51-49-47-45-43-41-39-37-35-32-22-20-18-16-14-12-10-8-6-4-2/h6,8,12,14,18,20,32,35,39,41,45,47-48,50,54-56,58-61,63-64,66-68H,3-5,7,9-11,13,15-17,19,21-31,33-34,36-38,40,42-44,46,49,51-53H2,1-2H3,(H,62,65)/b8-6-,14-12-,20-18-,35-32-,41-39-,47-45-,50-48+. The summed E-state index contributed by atoms with van der Waals surface area (Å²) in [5, 5.41) is 54.4. The molecule has 1 heterocycles. The Balaban J connectivity index is 2.26. The van der Waals surface area contributed by atoms with Gasteiger partial charge in [-0.05, 0) is 57.8 Å². The molecular weight excluding hydrogens is 875 g/mol. The molecular formula is C61H107NO8. The number of ether oxygens (including phenoxy) is 2. The Bertz CT molecular complexity index is 1370. The van der Waals surface area contributed by atoms with Gasteiger partial charge in [0.05, 0.1) is 25.4 Å². The van der Waals surface area contributed by atoms with Crippen molar-refractivity contribution in [1.29, 1.82) is 0 Å². The molecule has 1 aliphatic heterocycles. The van der Waals surface area contributed by atoms with Crippen LogP contribution in [0.5, 0.6) is 0 Å². The number of carbonyl (C=O) groups excluding carboxylic acids is 1. The zero-order valence-electron chi connectivity index (χ0n) is 44.7. The van der Waals surface area contributed by atoms with E-state index in [0.29, 0.717) is 6.42 Å². The maximum absolute atomic E-state index is 13.0. The summed E-state index contributed by atoms with van der Waals surface area (Å²) < 4.78 is 11.2. The van der Waals surface area contributed by atoms with Crippen LogP contribution in [0.25, 0.3) is 0 Å². The highest BCUT2D eigenvalue weighted by Crippen LogP contribution is 2.23. The number of allylic oxidation sites excluding steroid dienone is 13. The molecule has 1 fully saturated rings. The molecule has 0 radical (unpaired) electrons. The van der Waals surface area contributed by atoms with Crippen LogP contribution in [0.3, 0.4) is 0 Å². The van der Waals surface area contributed by atoms with Gasteiger partial charge in [0.1, 0.15) is 24.4 Å². The SMILES string of the molecule is CC/C=C\C/C=C\C/C=C\C/C=C\C/C=C\C/C=C\CCC(=O)NC(COC1OC(CO)C(O)C(O)C1O)C(O)/C=C/CCCCCCCCCCCCCCCCCCCCCCCCCCCC. The molecule has 70 heavy (non-hydrogen) atoms. The van der Waals surface area contributed by atoms with Gasteiger partial charge in [-0.2, -0.15) is 0 Å². The second kappa shape index (κ2) is 49.9. The summed E-state index contributed by atoms with van der Waals surface area (Å²) in [6.45, 7) is 3.63. The smallest absolute Gasteiger partial charge is 0.220 e. The second-order valence-electron chi connectivity index (χ2n) is 19.7. The monoisotopic (exact) mass is 982 g/mol. The Morgan fingerprint density at radius 2 is 0.886 bits per heavy atom. The highest BCUT2D eigenvalue weighted by molar-refractivity contribution is 5.76. The maximum atomic E-state index is 13.0. The summed E-state index contributed by atoms with van der Waals surface area (Å²) >= 11 is 0. The topological polar surface area (TPSA) is 149 Å². The molecule has 9 heteroatoms. The van der Waals surface area contributed by atoms with Crippen LogP contribution < -0.4 is 5.32 Å². The van der Waals surface area contributed by atoms with Crippen molar-refractivity contribution < 1.29 is 39.8 Å². The first-order valence-corrected chi connectivity index (χ1v) is 28.8. The first-order valence-electron chi connectivity index (χ1n) is 28.8. The van der Waals surface area contributed by atoms with Crippen molar-refractivity contribution in [2.75, 3.05) is 13.2 Å². The molecule has 1 saturated heterocycles. The number of hydrogen-bond acceptors (Lipinski definition) is 8. The lowest BCUT2D eigenvalue weighted by molar-refractivity contribution is -0.302. The molecule has 1 rings (SSSR count). The van der Waals surface area contributed by atoms with Gasteiger partial charge in [0.15, 0.2) is 6.29 Å². The molecule has 0 aliphatic carbocycles. The summed E-state index contributed by atoms with van der Waals surface area (Å²) in [5.74, 6) is -0.259. The average molecular weight is 983 g/mol. The van der Waals surface area contributed by atoms with Crippen molar-refractivity contribution in [3.8, 4) is 0 Å². The van der Waals surface area contributed by atoms with E-state index >= 15 is 0 Å². The van der Waals surface area contributed by atoms with Crippen LogP contribution in [0.4, 0.5) is 0 Å². The summed E-state index contributed by atoms with van der Waals surface area (Å²) in [6.07, 6.45) is 63.8. The summed E-state index contributed by atoms with van der Waals surface area (Å²) in [6, 6.07) is -0.852. The number of carbonyl (C=O) groups is 1. The van der Waals surface area contributed by atoms with Gasteiger partial charge in [0, 0.05) is 6.42 Å². The lowest BCUT2D eigenvalue weighted by atomic mass is 9.99. The molecule has 1 amide bonds. The van der Waals surface area contributed by atoms with E-state index in [9.17, 15) is 30.3 Å². The molecule has 0 saturated carbocycles. The van der Waals surface area contributed by atoms with Crippen LogP contribution in [0.1, 0.15) is 239 Å². The first-order chi connectivity index (χ1) is 34.3. The van der Waals surface area contributed by atoms with Crippen LogP contribution >= 0.6 is 0 Å². The van der Waals surface area contributed by atoms with Gasteiger partial charge in [-0.25, -0.2) is 0 Å². The van der Waals surface area contributed by atoms with Gasteiger partial charge in [-0.3, -0.25) is 4.79 Å². The van der Waals surface area contributed by atoms with Crippen LogP contribution in [-0.4, -0.2) is 87.5 Å². The number of aliphatic hydroxyl groups excluding tert-OH is 5. The molecule has 7 unspecified atom stereocenters. The summed E-state index contributed by atoms with van der Waals surface area (Å²) in [4.78, 5) is 13.0. The zero-order chi connectivity index (χ0) is 50.8. The second-order valence-corrected chi connectivity index (χ2v) is 19.7. The van der Waals surface area contributed by atoms with E-state index in [1.54, 1.807) is 6.08 Å². The molecule has 0 aromatic carbocycles. The van der Waals surface area contributed by atoms with Crippen LogP contribution in [0.2, 0.25) is 0 Å². The Labute approximate surface area is 429 Å². The third-order valence-electron chi connectivity index (χ3n) is 13.2. The molecule has 0 bridgehead atoms. The molecule has 6 N–H and O–H groups in total. The van der Waals surface area contributed by atoms with Crippen molar-refractivity contribution in [2.45, 2.75) is 281 Å². The predicted molar refractivity (Wildman–Crippen MR) is 295 cm³/mol. The highest BCUT2D eigenvalue weighted by atomic mass is 16.7. The van der Waals surface area contributed by atoms with Crippen LogP contribution in [-0.2, 0) is 14.3 Å². The van der Waals surface area contributed by atoms with Crippen molar-refractivity contribution >= 4 is 5.91 Å². The van der Waals surface area contributed by atoms with E-state index in [0.717, 1.165) is 57.8 Å². The Morgan fingerprint density at radius 3 is 1.29 bits per heavy atom. The third-order valence-corrected chi connectivity index (χ3v) is 13.2. The van der Waals surface area contributed by atoms with E-state index in [-0.39, 0.29) is 18.9 Å². The Kier molecular flexibility index (Phi) is 46.6. The van der Waals surface area contributed by atoms with Crippen LogP contribution in [0, 0.1) is 0 Å². The number of hydrogen-bond donors (Lipinski definition) is 6. The molecule has 1 aliphatic rings. The fraction of sp³-hybridized carbons (Fsp3) is 0.754. The molecule has 0 spiro atoms. The zero-order valence-corrected chi connectivity index (χ0v) is 44.7. The molecule has 404 valence electrons. The molecule has 0 aromatic rings. The third kappa shape index (κ3) is 39.0. The summed E-state index contributed by atoms with van der Waals surface area (Å²) in [7, 11) is 0. The van der Waals surface area contributed by atoms with E-state index in [2.05, 4.69) is 79.9 Å². The van der Waals surface area contributed by atoms with Gasteiger partial charge in [-0.15, -0.1) is 0 Å². The van der Waals surface area contributed by atoms with Gasteiger partial charge in [0.2, 0.25) is 5.91 Å². The minimum Gasteiger partial charge on any atom is -0.394 e. The van der Waals surface area contributed by atoms with Gasteiger partial charge >= 0.3 is 0 Å². The number of aliphatic hydroxyl groups is 5. The molecule has 0 aromatic heterocycles. The quantitative estimate of drug-likeness (QED) is 0.0261. The largest absolute Gasteiger partial charge is 0.394 e. The van der Waals surface area contributed by atoms with Crippen molar-refractivity contribution in [3.63, 3.8) is 0 Å². The first kappa shape index (κ1) is 65.4. The van der Waals surface area contributed by atoms with Crippen molar-refractivity contribution in [2.24, 2.45) is 0 Å². The van der Waals surface area contributed by atoms with Crippen molar-refractivity contribution in [3.05, 3.63) is 85.1 Å². The minimum absolute atomic E-state index is 0.217. The minimum atomic E-state index is -1.58. The number of unbranched alkanes of at least 4 members (excludes halogenated alkanes) is 26. The van der Waals surface area contributed by atoms with Crippen molar-refractivity contribution in [1.82, 2.24) is 5.32 Å². The fourth-order valence-electron chi connectivity index (χ4n) is 8.71. The molecule has 7 atom stereocenters. The fourth-order valence-corrected chi connectivity index (χ4v) is 8.71. The van der Waals surface area contributed by atoms with E-state index in [4.69, 9.17) is 9.47 Å². The maximum Gasteiger partial charge on any atom is 0.220 e. The van der Waals surface area contributed by atoms with Gasteiger partial charge in [-0.1, -0.05) is 259 Å². The number of rotatable bonds is 48. The lowest BCUT2D eigenvalue weighted by Gasteiger charge is -2.40. The predicted octanol–water partition coefficient (Wildman–Crippen LogP) is 14.2. The normalized spacial score (nSPS) is 20.0. The Morgan fingerprint density at radius 1 is 0.500 bits per heavy atom. The number of nitrogens with one attached hydrogen (secondary N) is 1.